The van der Waals surface area contributed by atoms with E-state index in [-0.39, 0.29) is 91.4 Å². The highest BCUT2D eigenvalue weighted by molar-refractivity contribution is 6.13. The van der Waals surface area contributed by atoms with E-state index in [1.807, 2.05) is 19.2 Å². The molecule has 410 valence electrons. The van der Waals surface area contributed by atoms with Gasteiger partial charge in [0.2, 0.25) is 24.0 Å². The van der Waals surface area contributed by atoms with Gasteiger partial charge in [-0.25, -0.2) is 14.6 Å². The molecule has 6 aliphatic rings. The van der Waals surface area contributed by atoms with Gasteiger partial charge < -0.3 is 70.3 Å². The van der Waals surface area contributed by atoms with Gasteiger partial charge in [0.25, 0.3) is 11.8 Å². The largest absolute Gasteiger partial charge is 0.476 e. The number of nitrogens with zero attached hydrogens (tertiary/aromatic N) is 3. The lowest BCUT2D eigenvalue weighted by atomic mass is 9.39. The zero-order chi connectivity index (χ0) is 54.7. The van der Waals surface area contributed by atoms with Crippen LogP contribution in [0.15, 0.2) is 54.7 Å². The molecular weight excluding hydrogens is 991 g/mol. The number of hydrogen-bond donors (Lipinski definition) is 9. The number of ether oxygens (including phenoxy) is 4. The van der Waals surface area contributed by atoms with Gasteiger partial charge >= 0.3 is 12.1 Å². The van der Waals surface area contributed by atoms with E-state index in [1.165, 1.54) is 25.2 Å². The minimum Gasteiger partial charge on any atom is -0.476 e. The molecule has 6 amide bonds. The molecule has 4 saturated carbocycles. The molecule has 4 aliphatic carbocycles. The maximum absolute atomic E-state index is 13.2. The third-order valence-corrected chi connectivity index (χ3v) is 15.2. The molecule has 0 spiro atoms. The fourth-order valence-corrected chi connectivity index (χ4v) is 13.0. The Bertz CT molecular complexity index is 2740. The lowest BCUT2D eigenvalue weighted by molar-refractivity contribution is -0.277. The Morgan fingerprint density at radius 2 is 1.55 bits per heavy atom. The van der Waals surface area contributed by atoms with Crippen molar-refractivity contribution in [1.29, 1.82) is 0 Å². The van der Waals surface area contributed by atoms with Crippen molar-refractivity contribution in [3.05, 3.63) is 77.4 Å². The van der Waals surface area contributed by atoms with Gasteiger partial charge in [0, 0.05) is 81.2 Å². The summed E-state index contributed by atoms with van der Waals surface area (Å²) in [6.07, 6.45) is 0.668. The minimum absolute atomic E-state index is 0.0166. The first kappa shape index (κ1) is 55.5. The van der Waals surface area contributed by atoms with Crippen LogP contribution in [-0.4, -0.2) is 158 Å². The Labute approximate surface area is 438 Å². The van der Waals surface area contributed by atoms with Gasteiger partial charge in [-0.05, 0) is 91.5 Å². The Morgan fingerprint density at radius 1 is 0.829 bits per heavy atom. The number of amides is 6. The molecule has 1 saturated heterocycles. The summed E-state index contributed by atoms with van der Waals surface area (Å²) in [4.78, 5) is 92.0. The number of carbonyl (C=O) groups excluding carboxylic acids is 6. The van der Waals surface area contributed by atoms with Crippen molar-refractivity contribution in [2.24, 2.45) is 16.2 Å². The summed E-state index contributed by atoms with van der Waals surface area (Å²) in [5, 5.41) is 61.6. The number of imide groups is 1. The van der Waals surface area contributed by atoms with E-state index in [0.29, 0.717) is 23.4 Å². The number of carboxylic acid groups (broad SMARTS) is 1. The van der Waals surface area contributed by atoms with E-state index in [2.05, 4.69) is 44.7 Å². The first-order valence-electron chi connectivity index (χ1n) is 25.4. The number of aromatic nitrogens is 2. The number of aromatic carboxylic acids is 1. The summed E-state index contributed by atoms with van der Waals surface area (Å²) in [6.45, 7) is 6.52. The molecule has 2 aliphatic heterocycles. The number of carboxylic acids is 1. The quantitative estimate of drug-likeness (QED) is 0.0512. The lowest BCUT2D eigenvalue weighted by Crippen LogP contribution is -2.64. The molecule has 23 heteroatoms. The predicted octanol–water partition coefficient (Wildman–Crippen LogP) is 1.85. The van der Waals surface area contributed by atoms with Crippen molar-refractivity contribution in [1.82, 2.24) is 30.4 Å². The van der Waals surface area contributed by atoms with Gasteiger partial charge in [-0.1, -0.05) is 26.0 Å². The average molecular weight is 1060 g/mol. The first-order chi connectivity index (χ1) is 36.0. The minimum atomic E-state index is -1.76. The summed E-state index contributed by atoms with van der Waals surface area (Å²) in [6, 6.07) is 9.70. The van der Waals surface area contributed by atoms with Crippen LogP contribution in [0.3, 0.4) is 0 Å². The fraction of sp³-hybridized carbons (Fsp3) is 0.547. The van der Waals surface area contributed by atoms with Crippen LogP contribution < -0.4 is 26.0 Å². The van der Waals surface area contributed by atoms with E-state index in [4.69, 9.17) is 18.9 Å². The van der Waals surface area contributed by atoms with Gasteiger partial charge in [-0.2, -0.15) is 0 Å². The Morgan fingerprint density at radius 3 is 2.24 bits per heavy atom. The number of carbonyl (C=O) groups is 7. The molecular formula is C53H67N7O16. The van der Waals surface area contributed by atoms with Crippen LogP contribution in [0.25, 0.3) is 11.1 Å². The zero-order valence-corrected chi connectivity index (χ0v) is 43.0. The number of rotatable bonds is 22. The van der Waals surface area contributed by atoms with Crippen molar-refractivity contribution >= 4 is 47.3 Å². The summed E-state index contributed by atoms with van der Waals surface area (Å²) in [7, 11) is 1.51. The average Bonchev–Trinajstić information content (AvgIpc) is 3.99. The van der Waals surface area contributed by atoms with E-state index < -0.39 is 78.6 Å². The number of alkyl carbamates (subject to hydrolysis) is 1. The number of hydrogen-bond acceptors (Lipinski definition) is 16. The molecule has 2 unspecified atom stereocenters. The van der Waals surface area contributed by atoms with Crippen molar-refractivity contribution in [3.8, 4) is 16.9 Å². The molecule has 1 aromatic carbocycles. The van der Waals surface area contributed by atoms with Gasteiger partial charge in [0.1, 0.15) is 36.8 Å². The fourth-order valence-electron chi connectivity index (χ4n) is 13.0. The van der Waals surface area contributed by atoms with Crippen LogP contribution >= 0.6 is 0 Å². The molecule has 9 rings (SSSR count). The lowest BCUT2D eigenvalue weighted by Gasteiger charge is -2.69. The van der Waals surface area contributed by atoms with Gasteiger partial charge in [-0.15, -0.1) is 0 Å². The molecule has 9 N–H and O–H groups in total. The van der Waals surface area contributed by atoms with Crippen molar-refractivity contribution in [2.75, 3.05) is 45.2 Å². The summed E-state index contributed by atoms with van der Waals surface area (Å²) < 4.78 is 25.9. The van der Waals surface area contributed by atoms with Crippen molar-refractivity contribution in [2.45, 2.75) is 128 Å². The molecule has 3 aromatic rings. The highest BCUT2D eigenvalue weighted by atomic mass is 16.7. The third kappa shape index (κ3) is 12.4. The molecule has 23 nitrogen and oxygen atoms in total. The van der Waals surface area contributed by atoms with E-state index in [0.717, 1.165) is 66.8 Å². The number of anilines is 1. The second kappa shape index (κ2) is 22.4. The third-order valence-electron chi connectivity index (χ3n) is 15.2. The maximum atomic E-state index is 13.2. The monoisotopic (exact) mass is 1060 g/mol. The second-order valence-electron chi connectivity index (χ2n) is 21.7. The van der Waals surface area contributed by atoms with Gasteiger partial charge in [0.15, 0.2) is 5.69 Å². The second-order valence-corrected chi connectivity index (χ2v) is 21.7. The van der Waals surface area contributed by atoms with Crippen LogP contribution in [0.4, 0.5) is 10.5 Å². The molecule has 7 atom stereocenters. The normalized spacial score (nSPS) is 28.3. The van der Waals surface area contributed by atoms with Crippen molar-refractivity contribution in [3.63, 3.8) is 0 Å². The number of pyridine rings is 1. The maximum Gasteiger partial charge on any atom is 0.407 e. The summed E-state index contributed by atoms with van der Waals surface area (Å²) in [5.74, 6) is -3.66. The summed E-state index contributed by atoms with van der Waals surface area (Å²) >= 11 is 0. The van der Waals surface area contributed by atoms with Crippen LogP contribution in [0.2, 0.25) is 0 Å². The molecule has 4 bridgehead atoms. The predicted molar refractivity (Wildman–Crippen MR) is 268 cm³/mol. The Balaban J connectivity index is 0.871. The molecule has 76 heavy (non-hydrogen) atoms. The van der Waals surface area contributed by atoms with Gasteiger partial charge in [-0.3, -0.25) is 28.9 Å². The molecule has 4 heterocycles. The van der Waals surface area contributed by atoms with Crippen LogP contribution in [-0.2, 0) is 57.8 Å². The SMILES string of the molecule is CNC(=O)Cc1ccc(-c2ccn(CC34CC5(C)CC(C)(C3)CC(OCCNC(=O)OCc3ccc(O[C@@H]6O[C@H](CO)[C@H](O)[C@H](O)[C@H]6O)c(NC(=O)CCNC(=O)CCN6C(=O)C=CC6=O)c3)(C5)C4)c2C)c(C(=O)O)n1. The highest BCUT2D eigenvalue weighted by Crippen LogP contribution is 2.72. The van der Waals surface area contributed by atoms with E-state index >= 15 is 0 Å². The van der Waals surface area contributed by atoms with Crippen LogP contribution in [0, 0.1) is 23.2 Å². The number of likely N-dealkylation sites (N-methyl/N-ethyl adjacent to an activating group) is 1. The Hall–Kier alpha value is -6.76. The number of nitrogens with one attached hydrogen (secondary N) is 4. The Kier molecular flexibility index (Phi) is 16.4. The van der Waals surface area contributed by atoms with Crippen LogP contribution in [0.1, 0.15) is 92.7 Å². The molecule has 0 radical (unpaired) electrons. The van der Waals surface area contributed by atoms with Gasteiger partial charge in [0.05, 0.1) is 36.6 Å². The number of aliphatic hydroxyl groups excluding tert-OH is 4. The van der Waals surface area contributed by atoms with E-state index in [1.54, 1.807) is 12.1 Å². The smallest absolute Gasteiger partial charge is 0.407 e. The molecule has 2 aromatic heterocycles. The number of benzene rings is 1. The standard InChI is InChI=1S/C53H67N7O16/c1-30-33(34-7-6-32(20-40(64)54-4)57-43(34)47(70)71)12-16-59(30)29-52-24-50(2)23-51(3,25-52)27-53(26-50,28-52)74-18-15-56-49(72)73-22-31-5-8-36(75-48-46(69)45(68)44(67)37(21-61)76-48)35(19-31)58-39(63)11-14-55-38(62)13-17-60-41(65)9-10-42(60)66/h5-10,12,16,19,37,44-46,48,61,67-69H,11,13-15,17-18,20-29H2,1-4H3,(H,54,64)(H,55,62)(H,56,72)(H,58,63)(H,70,71)/t37-,44+,45+,46-,48-,50?,51?,52?,53?/m1/s1. The summed E-state index contributed by atoms with van der Waals surface area (Å²) in [5.41, 5.74) is 2.31. The van der Waals surface area contributed by atoms with E-state index in [9.17, 15) is 59.1 Å². The van der Waals surface area contributed by atoms with Crippen LogP contribution in [0.5, 0.6) is 5.75 Å². The molecule has 5 fully saturated rings. The first-order valence-corrected chi connectivity index (χ1v) is 25.4. The zero-order valence-electron chi connectivity index (χ0n) is 43.0. The highest BCUT2D eigenvalue weighted by Gasteiger charge is 2.66. The number of aliphatic hydroxyl groups is 4. The topological polar surface area (TPSA) is 327 Å². The van der Waals surface area contributed by atoms with Crippen molar-refractivity contribution < 1.29 is 78.0 Å².